The van der Waals surface area contributed by atoms with Gasteiger partial charge in [0.1, 0.15) is 0 Å². The summed E-state index contributed by atoms with van der Waals surface area (Å²) in [5.41, 5.74) is 6.26. The number of amides is 2. The summed E-state index contributed by atoms with van der Waals surface area (Å²) >= 11 is 2.68. The number of rotatable bonds is 7. The molecular formula is C14H20Cl2N4O2S2. The first kappa shape index (κ1) is 22.8. The Balaban J connectivity index is 0.00000264. The van der Waals surface area contributed by atoms with E-state index in [2.05, 4.69) is 15.6 Å². The summed E-state index contributed by atoms with van der Waals surface area (Å²) in [6, 6.07) is 3.64. The van der Waals surface area contributed by atoms with Crippen molar-refractivity contribution in [3.63, 3.8) is 0 Å². The van der Waals surface area contributed by atoms with Gasteiger partial charge in [-0.05, 0) is 24.8 Å². The Labute approximate surface area is 161 Å². The third kappa shape index (κ3) is 7.59. The molecule has 0 saturated carbocycles. The van der Waals surface area contributed by atoms with Crippen LogP contribution in [0.3, 0.4) is 0 Å². The molecule has 134 valence electrons. The molecule has 0 aliphatic heterocycles. The molecule has 2 aromatic rings. The Bertz CT molecular complexity index is 633. The SMILES string of the molecule is CC(N)CCNC(=O)Cc1csc(NC(=O)c2cccs2)n1.Cl.Cl. The van der Waals surface area contributed by atoms with Gasteiger partial charge in [0.2, 0.25) is 5.91 Å². The second-order valence-electron chi connectivity index (χ2n) is 4.87. The van der Waals surface area contributed by atoms with Crippen molar-refractivity contribution < 1.29 is 9.59 Å². The first-order chi connectivity index (χ1) is 10.5. The summed E-state index contributed by atoms with van der Waals surface area (Å²) in [7, 11) is 0. The van der Waals surface area contributed by atoms with Crippen molar-refractivity contribution in [3.05, 3.63) is 33.5 Å². The van der Waals surface area contributed by atoms with Crippen molar-refractivity contribution in [3.8, 4) is 0 Å². The minimum atomic E-state index is -0.183. The van der Waals surface area contributed by atoms with Crippen molar-refractivity contribution in [2.45, 2.75) is 25.8 Å². The van der Waals surface area contributed by atoms with Gasteiger partial charge in [-0.25, -0.2) is 4.98 Å². The average Bonchev–Trinajstić information content (AvgIpc) is 3.09. The van der Waals surface area contributed by atoms with E-state index >= 15 is 0 Å². The smallest absolute Gasteiger partial charge is 0.267 e. The maximum Gasteiger partial charge on any atom is 0.267 e. The van der Waals surface area contributed by atoms with Crippen molar-refractivity contribution >= 4 is 64.4 Å². The molecule has 4 N–H and O–H groups in total. The molecule has 6 nitrogen and oxygen atoms in total. The molecule has 2 rings (SSSR count). The number of nitrogens with two attached hydrogens (primary N) is 1. The number of anilines is 1. The lowest BCUT2D eigenvalue weighted by Crippen LogP contribution is -2.30. The predicted molar refractivity (Wildman–Crippen MR) is 104 cm³/mol. The van der Waals surface area contributed by atoms with E-state index in [-0.39, 0.29) is 49.1 Å². The maximum absolute atomic E-state index is 11.9. The van der Waals surface area contributed by atoms with Crippen LogP contribution >= 0.6 is 47.5 Å². The molecule has 0 spiro atoms. The quantitative estimate of drug-likeness (QED) is 0.653. The molecule has 0 radical (unpaired) electrons. The third-order valence-electron chi connectivity index (χ3n) is 2.78. The van der Waals surface area contributed by atoms with Crippen LogP contribution in [0.1, 0.15) is 28.7 Å². The fraction of sp³-hybridized carbons (Fsp3) is 0.357. The van der Waals surface area contributed by atoms with Gasteiger partial charge in [0, 0.05) is 18.0 Å². The minimum Gasteiger partial charge on any atom is -0.356 e. The Morgan fingerprint density at radius 1 is 1.33 bits per heavy atom. The molecule has 24 heavy (non-hydrogen) atoms. The maximum atomic E-state index is 11.9. The fourth-order valence-corrected chi connectivity index (χ4v) is 3.00. The molecular weight excluding hydrogens is 391 g/mol. The van der Waals surface area contributed by atoms with Gasteiger partial charge in [-0.2, -0.15) is 0 Å². The summed E-state index contributed by atoms with van der Waals surface area (Å²) < 4.78 is 0. The van der Waals surface area contributed by atoms with Crippen LogP contribution in [0.2, 0.25) is 0 Å². The first-order valence-corrected chi connectivity index (χ1v) is 8.62. The van der Waals surface area contributed by atoms with E-state index in [0.29, 0.717) is 22.2 Å². The van der Waals surface area contributed by atoms with E-state index in [9.17, 15) is 9.59 Å². The van der Waals surface area contributed by atoms with E-state index < -0.39 is 0 Å². The molecule has 2 aromatic heterocycles. The van der Waals surface area contributed by atoms with Gasteiger partial charge in [-0.3, -0.25) is 14.9 Å². The zero-order valence-corrected chi connectivity index (χ0v) is 16.2. The second kappa shape index (κ2) is 11.4. The summed E-state index contributed by atoms with van der Waals surface area (Å²) in [5.74, 6) is -0.278. The van der Waals surface area contributed by atoms with Crippen molar-refractivity contribution in [1.82, 2.24) is 10.3 Å². The Hall–Kier alpha value is -1.19. The molecule has 1 unspecified atom stereocenters. The lowest BCUT2D eigenvalue weighted by atomic mass is 10.2. The molecule has 1 atom stereocenters. The molecule has 0 saturated heterocycles. The molecule has 10 heteroatoms. The molecule has 0 aromatic carbocycles. The topological polar surface area (TPSA) is 97.1 Å². The van der Waals surface area contributed by atoms with Crippen LogP contribution in [-0.2, 0) is 11.2 Å². The number of nitrogens with zero attached hydrogens (tertiary/aromatic N) is 1. The number of thiazole rings is 1. The highest BCUT2D eigenvalue weighted by Gasteiger charge is 2.11. The van der Waals surface area contributed by atoms with E-state index in [1.165, 1.54) is 22.7 Å². The van der Waals surface area contributed by atoms with Crippen molar-refractivity contribution in [2.24, 2.45) is 5.73 Å². The molecule has 0 bridgehead atoms. The van der Waals surface area contributed by atoms with Crippen LogP contribution < -0.4 is 16.4 Å². The van der Waals surface area contributed by atoms with E-state index in [1.54, 1.807) is 11.4 Å². The van der Waals surface area contributed by atoms with Gasteiger partial charge in [-0.1, -0.05) is 6.07 Å². The lowest BCUT2D eigenvalue weighted by molar-refractivity contribution is -0.120. The van der Waals surface area contributed by atoms with Crippen LogP contribution in [0.4, 0.5) is 5.13 Å². The number of carbonyl (C=O) groups excluding carboxylic acids is 2. The normalized spacial score (nSPS) is 10.9. The summed E-state index contributed by atoms with van der Waals surface area (Å²) in [5, 5.41) is 9.63. The number of aromatic nitrogens is 1. The third-order valence-corrected chi connectivity index (χ3v) is 4.46. The molecule has 2 heterocycles. The Morgan fingerprint density at radius 3 is 2.71 bits per heavy atom. The number of nitrogens with one attached hydrogen (secondary N) is 2. The summed E-state index contributed by atoms with van der Waals surface area (Å²) in [6.45, 7) is 2.46. The highest BCUT2D eigenvalue weighted by Crippen LogP contribution is 2.18. The first-order valence-electron chi connectivity index (χ1n) is 6.86. The van der Waals surface area contributed by atoms with Gasteiger partial charge in [0.25, 0.3) is 5.91 Å². The minimum absolute atomic E-state index is 0. The van der Waals surface area contributed by atoms with Gasteiger partial charge in [0.05, 0.1) is 17.0 Å². The Morgan fingerprint density at radius 2 is 2.08 bits per heavy atom. The highest BCUT2D eigenvalue weighted by molar-refractivity contribution is 7.14. The highest BCUT2D eigenvalue weighted by atomic mass is 35.5. The van der Waals surface area contributed by atoms with Gasteiger partial charge >= 0.3 is 0 Å². The standard InChI is InChI=1S/C14H18N4O2S2.2ClH/c1-9(15)4-5-16-12(19)7-10-8-22-14(17-10)18-13(20)11-3-2-6-21-11;;/h2-3,6,8-9H,4-5,7,15H2,1H3,(H,16,19)(H,17,18,20);2*1H. The number of carbonyl (C=O) groups is 2. The zero-order chi connectivity index (χ0) is 15.9. The summed E-state index contributed by atoms with van der Waals surface area (Å²) in [6.07, 6.45) is 0.940. The number of halogens is 2. The lowest BCUT2D eigenvalue weighted by Gasteiger charge is -2.06. The molecule has 0 fully saturated rings. The zero-order valence-electron chi connectivity index (χ0n) is 13.0. The largest absolute Gasteiger partial charge is 0.356 e. The van der Waals surface area contributed by atoms with E-state index in [4.69, 9.17) is 5.73 Å². The molecule has 0 aliphatic rings. The van der Waals surface area contributed by atoms with Gasteiger partial charge < -0.3 is 11.1 Å². The monoisotopic (exact) mass is 410 g/mol. The Kier molecular flexibility index (Phi) is 10.8. The predicted octanol–water partition coefficient (Wildman–Crippen LogP) is 2.70. The second-order valence-corrected chi connectivity index (χ2v) is 6.67. The molecule has 0 aliphatic carbocycles. The fourth-order valence-electron chi connectivity index (χ4n) is 1.68. The number of hydrogen-bond acceptors (Lipinski definition) is 6. The average molecular weight is 411 g/mol. The number of hydrogen-bond donors (Lipinski definition) is 3. The van der Waals surface area contributed by atoms with Crippen LogP contribution in [-0.4, -0.2) is 29.4 Å². The van der Waals surface area contributed by atoms with Gasteiger partial charge in [0.15, 0.2) is 5.13 Å². The van der Waals surface area contributed by atoms with Crippen LogP contribution in [0.5, 0.6) is 0 Å². The van der Waals surface area contributed by atoms with Crippen LogP contribution in [0.15, 0.2) is 22.9 Å². The van der Waals surface area contributed by atoms with E-state index in [0.717, 1.165) is 6.42 Å². The van der Waals surface area contributed by atoms with Gasteiger partial charge in [-0.15, -0.1) is 47.5 Å². The van der Waals surface area contributed by atoms with Crippen molar-refractivity contribution in [1.29, 1.82) is 0 Å². The molecule has 2 amide bonds. The van der Waals surface area contributed by atoms with Crippen LogP contribution in [0.25, 0.3) is 0 Å². The van der Waals surface area contributed by atoms with Crippen LogP contribution in [0, 0.1) is 0 Å². The van der Waals surface area contributed by atoms with E-state index in [1.807, 2.05) is 18.4 Å². The summed E-state index contributed by atoms with van der Waals surface area (Å²) in [4.78, 5) is 28.5. The van der Waals surface area contributed by atoms with Crippen molar-refractivity contribution in [2.75, 3.05) is 11.9 Å². The number of thiophene rings is 1.